The molecule has 0 saturated carbocycles. The summed E-state index contributed by atoms with van der Waals surface area (Å²) in [6, 6.07) is 11.5. The maximum Gasteiger partial charge on any atom is 0.197 e. The number of anilines is 1. The van der Waals surface area contributed by atoms with Crippen LogP contribution < -0.4 is 10.7 Å². The van der Waals surface area contributed by atoms with Crippen molar-refractivity contribution in [3.05, 3.63) is 52.2 Å². The van der Waals surface area contributed by atoms with Crippen LogP contribution in [0.2, 0.25) is 0 Å². The molecule has 0 atom stereocenters. The molecule has 6 heteroatoms. The van der Waals surface area contributed by atoms with Gasteiger partial charge in [0.05, 0.1) is 12.0 Å². The van der Waals surface area contributed by atoms with Crippen LogP contribution in [0.15, 0.2) is 41.2 Å². The van der Waals surface area contributed by atoms with Gasteiger partial charge in [-0.25, -0.2) is 0 Å². The molecule has 3 rings (SSSR count). The second kappa shape index (κ2) is 9.33. The number of aliphatic hydroxyl groups is 1. The van der Waals surface area contributed by atoms with Crippen LogP contribution in [0.5, 0.6) is 0 Å². The number of halogens is 1. The van der Waals surface area contributed by atoms with E-state index >= 15 is 0 Å². The summed E-state index contributed by atoms with van der Waals surface area (Å²) in [5.74, 6) is 0. The third kappa shape index (κ3) is 4.01. The van der Waals surface area contributed by atoms with Crippen molar-refractivity contribution in [3.63, 3.8) is 0 Å². The van der Waals surface area contributed by atoms with Gasteiger partial charge in [-0.1, -0.05) is 32.0 Å². The number of fused-ring (bicyclic) bond motifs is 2. The summed E-state index contributed by atoms with van der Waals surface area (Å²) in [5, 5.41) is 14.5. The third-order valence-corrected chi connectivity index (χ3v) is 5.86. The van der Waals surface area contributed by atoms with E-state index in [1.54, 1.807) is 11.3 Å². The van der Waals surface area contributed by atoms with Gasteiger partial charge in [-0.05, 0) is 36.9 Å². The highest BCUT2D eigenvalue weighted by atomic mass is 35.5. The number of nitrogens with one attached hydrogen (secondary N) is 1. The van der Waals surface area contributed by atoms with Gasteiger partial charge < -0.3 is 15.3 Å². The highest BCUT2D eigenvalue weighted by Crippen LogP contribution is 2.31. The van der Waals surface area contributed by atoms with Crippen LogP contribution in [0.25, 0.3) is 20.2 Å². The minimum atomic E-state index is -0.0650. The standard InChI is InChI=1S/C20H24N2O2S.ClH/c1-3-22(4-2)12-11-21-16-10-9-14(13-23)20-18(16)19(24)15-7-5-6-8-17(15)25-20;/h5-10,21,23H,3-4,11-13H2,1-2H3;1H. The van der Waals surface area contributed by atoms with E-state index in [4.69, 9.17) is 0 Å². The molecule has 2 aromatic carbocycles. The lowest BCUT2D eigenvalue weighted by atomic mass is 10.1. The smallest absolute Gasteiger partial charge is 0.197 e. The Morgan fingerprint density at radius 1 is 1.12 bits per heavy atom. The summed E-state index contributed by atoms with van der Waals surface area (Å²) < 4.78 is 1.83. The lowest BCUT2D eigenvalue weighted by molar-refractivity contribution is 0.283. The Labute approximate surface area is 163 Å². The van der Waals surface area contributed by atoms with Gasteiger partial charge in [-0.15, -0.1) is 23.7 Å². The molecule has 0 spiro atoms. The Morgan fingerprint density at radius 2 is 1.85 bits per heavy atom. The highest BCUT2D eigenvalue weighted by Gasteiger charge is 2.13. The normalized spacial score (nSPS) is 11.1. The summed E-state index contributed by atoms with van der Waals surface area (Å²) in [6.45, 7) is 7.99. The van der Waals surface area contributed by atoms with Crippen molar-refractivity contribution < 1.29 is 5.11 Å². The monoisotopic (exact) mass is 392 g/mol. The van der Waals surface area contributed by atoms with Gasteiger partial charge >= 0.3 is 0 Å². The maximum atomic E-state index is 13.1. The SMILES string of the molecule is CCN(CC)CCNc1ccc(CO)c2sc3ccccc3c(=O)c12.Cl. The van der Waals surface area contributed by atoms with Crippen molar-refractivity contribution in [2.24, 2.45) is 0 Å². The van der Waals surface area contributed by atoms with Crippen molar-refractivity contribution in [2.45, 2.75) is 20.5 Å². The minimum absolute atomic E-state index is 0. The van der Waals surface area contributed by atoms with E-state index in [0.29, 0.717) is 5.39 Å². The molecular formula is C20H25ClN2O2S. The second-order valence-electron chi connectivity index (χ2n) is 6.02. The van der Waals surface area contributed by atoms with Crippen LogP contribution >= 0.6 is 23.7 Å². The Hall–Kier alpha value is -1.66. The predicted octanol–water partition coefficient (Wildman–Crippen LogP) is 4.08. The number of aliphatic hydroxyl groups excluding tert-OH is 1. The number of rotatable bonds is 7. The van der Waals surface area contributed by atoms with Crippen LogP contribution in [-0.4, -0.2) is 36.2 Å². The molecule has 140 valence electrons. The Bertz CT molecular complexity index is 938. The fraction of sp³-hybridized carbons (Fsp3) is 0.350. The molecule has 0 fully saturated rings. The number of hydrogen-bond acceptors (Lipinski definition) is 5. The number of benzene rings is 2. The molecule has 0 radical (unpaired) electrons. The first-order valence-electron chi connectivity index (χ1n) is 8.74. The molecule has 0 unspecified atom stereocenters. The van der Waals surface area contributed by atoms with E-state index < -0.39 is 0 Å². The van der Waals surface area contributed by atoms with E-state index in [1.807, 2.05) is 36.4 Å². The number of hydrogen-bond donors (Lipinski definition) is 2. The molecule has 26 heavy (non-hydrogen) atoms. The van der Waals surface area contributed by atoms with Gasteiger partial charge in [0.1, 0.15) is 0 Å². The van der Waals surface area contributed by atoms with Crippen molar-refractivity contribution in [1.82, 2.24) is 4.90 Å². The zero-order chi connectivity index (χ0) is 17.8. The van der Waals surface area contributed by atoms with E-state index in [2.05, 4.69) is 24.1 Å². The van der Waals surface area contributed by atoms with Gasteiger partial charge in [-0.2, -0.15) is 0 Å². The van der Waals surface area contributed by atoms with E-state index in [-0.39, 0.29) is 24.4 Å². The first-order chi connectivity index (χ1) is 12.2. The molecule has 1 heterocycles. The molecule has 0 aliphatic heterocycles. The van der Waals surface area contributed by atoms with Crippen LogP contribution in [0.1, 0.15) is 19.4 Å². The average molecular weight is 393 g/mol. The zero-order valence-corrected chi connectivity index (χ0v) is 16.8. The third-order valence-electron chi connectivity index (χ3n) is 4.62. The van der Waals surface area contributed by atoms with E-state index in [9.17, 15) is 9.90 Å². The van der Waals surface area contributed by atoms with Crippen LogP contribution in [0.4, 0.5) is 5.69 Å². The fourth-order valence-corrected chi connectivity index (χ4v) is 4.32. The molecular weight excluding hydrogens is 368 g/mol. The van der Waals surface area contributed by atoms with Crippen molar-refractivity contribution >= 4 is 49.6 Å². The van der Waals surface area contributed by atoms with Gasteiger partial charge in [0.25, 0.3) is 0 Å². The van der Waals surface area contributed by atoms with Crippen LogP contribution in [0.3, 0.4) is 0 Å². The summed E-state index contributed by atoms with van der Waals surface area (Å²) in [4.78, 5) is 15.4. The molecule has 0 aliphatic carbocycles. The molecule has 0 bridgehead atoms. The van der Waals surface area contributed by atoms with Crippen molar-refractivity contribution in [1.29, 1.82) is 0 Å². The predicted molar refractivity (Wildman–Crippen MR) is 115 cm³/mol. The molecule has 0 aliphatic rings. The van der Waals surface area contributed by atoms with E-state index in [0.717, 1.165) is 52.2 Å². The Kier molecular flexibility index (Phi) is 7.41. The quantitative estimate of drug-likeness (QED) is 0.595. The molecule has 0 amide bonds. The summed E-state index contributed by atoms with van der Waals surface area (Å²) in [7, 11) is 0. The first kappa shape index (κ1) is 20.6. The molecule has 0 saturated heterocycles. The lowest BCUT2D eigenvalue weighted by Gasteiger charge is -2.19. The summed E-state index contributed by atoms with van der Waals surface area (Å²) >= 11 is 1.57. The Morgan fingerprint density at radius 3 is 2.54 bits per heavy atom. The summed E-state index contributed by atoms with van der Waals surface area (Å²) in [6.07, 6.45) is 0. The molecule has 2 N–H and O–H groups in total. The highest BCUT2D eigenvalue weighted by molar-refractivity contribution is 7.24. The van der Waals surface area contributed by atoms with Crippen LogP contribution in [-0.2, 0) is 6.61 Å². The first-order valence-corrected chi connectivity index (χ1v) is 9.55. The zero-order valence-electron chi connectivity index (χ0n) is 15.1. The average Bonchev–Trinajstić information content (AvgIpc) is 2.65. The Balaban J connectivity index is 0.00000243. The van der Waals surface area contributed by atoms with Gasteiger partial charge in [0, 0.05) is 33.6 Å². The molecule has 3 aromatic rings. The number of nitrogens with zero attached hydrogens (tertiary/aromatic N) is 1. The van der Waals surface area contributed by atoms with Gasteiger partial charge in [0.15, 0.2) is 5.43 Å². The lowest BCUT2D eigenvalue weighted by Crippen LogP contribution is -2.28. The van der Waals surface area contributed by atoms with Crippen LogP contribution in [0, 0.1) is 0 Å². The molecule has 1 aromatic heterocycles. The topological polar surface area (TPSA) is 52.6 Å². The summed E-state index contributed by atoms with van der Waals surface area (Å²) in [5.41, 5.74) is 1.69. The fourth-order valence-electron chi connectivity index (χ4n) is 3.12. The van der Waals surface area contributed by atoms with Crippen molar-refractivity contribution in [3.8, 4) is 0 Å². The number of likely N-dealkylation sites (N-methyl/N-ethyl adjacent to an activating group) is 1. The van der Waals surface area contributed by atoms with E-state index in [1.165, 1.54) is 0 Å². The second-order valence-corrected chi connectivity index (χ2v) is 7.07. The minimum Gasteiger partial charge on any atom is -0.392 e. The van der Waals surface area contributed by atoms with Gasteiger partial charge in [0.2, 0.25) is 0 Å². The largest absolute Gasteiger partial charge is 0.392 e. The maximum absolute atomic E-state index is 13.1. The van der Waals surface area contributed by atoms with Gasteiger partial charge in [-0.3, -0.25) is 4.79 Å². The molecule has 4 nitrogen and oxygen atoms in total. The van der Waals surface area contributed by atoms with Crippen molar-refractivity contribution in [2.75, 3.05) is 31.5 Å².